The number of hydrogen-bond donors (Lipinski definition) is 1. The van der Waals surface area contributed by atoms with Crippen LogP contribution in [0.3, 0.4) is 0 Å². The van der Waals surface area contributed by atoms with Crippen LogP contribution in [0, 0.1) is 0 Å². The van der Waals surface area contributed by atoms with Gasteiger partial charge in [-0.05, 0) is 13.3 Å². The molecular weight excluding hydrogens is 264 g/mol. The van der Waals surface area contributed by atoms with Crippen molar-refractivity contribution in [1.29, 1.82) is 0 Å². The predicted octanol–water partition coefficient (Wildman–Crippen LogP) is 1.79. The number of aliphatic hydroxyl groups is 1. The topological polar surface area (TPSA) is 62.7 Å². The molecule has 0 aliphatic rings. The van der Waals surface area contributed by atoms with Gasteiger partial charge < -0.3 is 14.7 Å². The van der Waals surface area contributed by atoms with Gasteiger partial charge in [-0.25, -0.2) is 9.78 Å². The van der Waals surface area contributed by atoms with Crippen molar-refractivity contribution in [1.82, 2.24) is 4.98 Å². The Morgan fingerprint density at radius 3 is 2.88 bits per heavy atom. The Morgan fingerprint density at radius 1 is 1.65 bits per heavy atom. The van der Waals surface area contributed by atoms with Crippen LogP contribution >= 0.6 is 22.9 Å². The number of nitrogens with zero attached hydrogens (tertiary/aromatic N) is 2. The lowest BCUT2D eigenvalue weighted by molar-refractivity contribution is 0.0606. The summed E-state index contributed by atoms with van der Waals surface area (Å²) in [6, 6.07) is 0. The second-order valence-electron chi connectivity index (χ2n) is 3.26. The Morgan fingerprint density at radius 2 is 2.35 bits per heavy atom. The van der Waals surface area contributed by atoms with E-state index in [9.17, 15) is 4.79 Å². The first-order chi connectivity index (χ1) is 8.13. The molecule has 1 rings (SSSR count). The fraction of sp³-hybridized carbons (Fsp3) is 0.600. The van der Waals surface area contributed by atoms with Crippen molar-refractivity contribution < 1.29 is 14.6 Å². The van der Waals surface area contributed by atoms with Crippen molar-refractivity contribution in [2.75, 3.05) is 31.7 Å². The van der Waals surface area contributed by atoms with Crippen molar-refractivity contribution in [3.05, 3.63) is 10.0 Å². The van der Waals surface area contributed by atoms with Gasteiger partial charge >= 0.3 is 5.97 Å². The van der Waals surface area contributed by atoms with E-state index in [-0.39, 0.29) is 11.8 Å². The number of esters is 1. The van der Waals surface area contributed by atoms with Crippen LogP contribution in [0.4, 0.5) is 5.13 Å². The van der Waals surface area contributed by atoms with E-state index in [2.05, 4.69) is 9.72 Å². The summed E-state index contributed by atoms with van der Waals surface area (Å²) in [4.78, 5) is 17.8. The van der Waals surface area contributed by atoms with E-state index in [1.165, 1.54) is 18.4 Å². The molecule has 7 heteroatoms. The fourth-order valence-electron chi connectivity index (χ4n) is 1.30. The highest BCUT2D eigenvalue weighted by atomic mass is 35.5. The molecule has 17 heavy (non-hydrogen) atoms. The van der Waals surface area contributed by atoms with Gasteiger partial charge in [0.2, 0.25) is 0 Å². The highest BCUT2D eigenvalue weighted by Gasteiger charge is 2.19. The Bertz CT molecular complexity index is 384. The summed E-state index contributed by atoms with van der Waals surface area (Å²) in [7, 11) is 1.31. The quantitative estimate of drug-likeness (QED) is 0.804. The fourth-order valence-corrected chi connectivity index (χ4v) is 2.58. The third-order valence-electron chi connectivity index (χ3n) is 2.18. The van der Waals surface area contributed by atoms with Crippen LogP contribution in [0.2, 0.25) is 5.15 Å². The first kappa shape index (κ1) is 14.2. The summed E-state index contributed by atoms with van der Waals surface area (Å²) in [5.41, 5.74) is 0. The number of aliphatic hydroxyl groups excluding tert-OH is 1. The van der Waals surface area contributed by atoms with Crippen LogP contribution in [0.1, 0.15) is 23.0 Å². The molecule has 0 radical (unpaired) electrons. The van der Waals surface area contributed by atoms with E-state index >= 15 is 0 Å². The molecule has 0 aliphatic heterocycles. The van der Waals surface area contributed by atoms with E-state index in [0.717, 1.165) is 6.54 Å². The molecule has 0 amide bonds. The summed E-state index contributed by atoms with van der Waals surface area (Å²) in [6.45, 7) is 3.52. The van der Waals surface area contributed by atoms with Crippen molar-refractivity contribution >= 4 is 34.0 Å². The largest absolute Gasteiger partial charge is 0.465 e. The van der Waals surface area contributed by atoms with Gasteiger partial charge in [-0.1, -0.05) is 22.9 Å². The Balaban J connectivity index is 2.86. The second kappa shape index (κ2) is 6.78. The average molecular weight is 279 g/mol. The summed E-state index contributed by atoms with van der Waals surface area (Å²) in [5.74, 6) is -0.475. The molecule has 96 valence electrons. The maximum Gasteiger partial charge on any atom is 0.351 e. The van der Waals surface area contributed by atoms with Crippen LogP contribution < -0.4 is 4.90 Å². The molecule has 5 nitrogen and oxygen atoms in total. The molecule has 1 aromatic heterocycles. The highest BCUT2D eigenvalue weighted by molar-refractivity contribution is 7.18. The van der Waals surface area contributed by atoms with Crippen LogP contribution in [-0.2, 0) is 4.74 Å². The Labute approximate surface area is 109 Å². The number of hydrogen-bond acceptors (Lipinski definition) is 6. The molecule has 0 fully saturated rings. The molecule has 1 aromatic rings. The van der Waals surface area contributed by atoms with E-state index in [1.54, 1.807) is 0 Å². The lowest BCUT2D eigenvalue weighted by Gasteiger charge is -2.18. The second-order valence-corrected chi connectivity index (χ2v) is 4.60. The molecule has 0 aliphatic carbocycles. The molecule has 0 saturated carbocycles. The number of carbonyl (C=O) groups is 1. The third-order valence-corrected chi connectivity index (χ3v) is 3.67. The highest BCUT2D eigenvalue weighted by Crippen LogP contribution is 2.30. The van der Waals surface area contributed by atoms with Gasteiger partial charge in [-0.2, -0.15) is 0 Å². The number of ether oxygens (including phenoxy) is 1. The zero-order valence-corrected chi connectivity index (χ0v) is 11.3. The maximum atomic E-state index is 11.4. The molecule has 0 aromatic carbocycles. The zero-order chi connectivity index (χ0) is 12.8. The van der Waals surface area contributed by atoms with Crippen LogP contribution in [0.25, 0.3) is 0 Å². The molecule has 0 atom stereocenters. The van der Waals surface area contributed by atoms with Gasteiger partial charge in [0, 0.05) is 19.7 Å². The first-order valence-electron chi connectivity index (χ1n) is 5.24. The molecule has 0 unspecified atom stereocenters. The molecule has 1 heterocycles. The number of rotatable bonds is 6. The SMILES string of the molecule is CCN(CCCO)c1nc(Cl)c(C(=O)OC)s1. The van der Waals surface area contributed by atoms with E-state index in [4.69, 9.17) is 16.7 Å². The summed E-state index contributed by atoms with van der Waals surface area (Å²) in [6.07, 6.45) is 0.651. The van der Waals surface area contributed by atoms with Crippen LogP contribution in [0.15, 0.2) is 0 Å². The van der Waals surface area contributed by atoms with Crippen molar-refractivity contribution in [3.8, 4) is 0 Å². The Kier molecular flexibility index (Phi) is 5.67. The minimum atomic E-state index is -0.475. The van der Waals surface area contributed by atoms with Gasteiger partial charge in [0.15, 0.2) is 15.2 Å². The van der Waals surface area contributed by atoms with E-state index in [0.29, 0.717) is 23.0 Å². The smallest absolute Gasteiger partial charge is 0.351 e. The van der Waals surface area contributed by atoms with E-state index < -0.39 is 5.97 Å². The number of aromatic nitrogens is 1. The first-order valence-corrected chi connectivity index (χ1v) is 6.43. The van der Waals surface area contributed by atoms with E-state index in [1.807, 2.05) is 11.8 Å². The third kappa shape index (κ3) is 3.55. The number of anilines is 1. The van der Waals surface area contributed by atoms with Crippen LogP contribution in [-0.4, -0.2) is 42.9 Å². The lowest BCUT2D eigenvalue weighted by atomic mass is 10.4. The minimum absolute atomic E-state index is 0.124. The predicted molar refractivity (Wildman–Crippen MR) is 68.1 cm³/mol. The van der Waals surface area contributed by atoms with Gasteiger partial charge in [0.25, 0.3) is 0 Å². The van der Waals surface area contributed by atoms with Gasteiger partial charge in [-0.3, -0.25) is 0 Å². The maximum absolute atomic E-state index is 11.4. The summed E-state index contributed by atoms with van der Waals surface area (Å²) < 4.78 is 4.61. The van der Waals surface area contributed by atoms with Crippen LogP contribution in [0.5, 0.6) is 0 Å². The van der Waals surface area contributed by atoms with Gasteiger partial charge in [0.05, 0.1) is 7.11 Å². The van der Waals surface area contributed by atoms with Crippen molar-refractivity contribution in [2.24, 2.45) is 0 Å². The summed E-state index contributed by atoms with van der Waals surface area (Å²) in [5, 5.41) is 9.64. The standard InChI is InChI=1S/C10H15ClN2O3S/c1-3-13(5-4-6-14)10-12-8(11)7(17-10)9(15)16-2/h14H,3-6H2,1-2H3. The van der Waals surface area contributed by atoms with Gasteiger partial charge in [0.1, 0.15) is 0 Å². The monoisotopic (exact) mass is 278 g/mol. The number of carbonyl (C=O) groups excluding carboxylic acids is 1. The summed E-state index contributed by atoms with van der Waals surface area (Å²) >= 11 is 7.08. The number of thiazole rings is 1. The van der Waals surface area contributed by atoms with Gasteiger partial charge in [-0.15, -0.1) is 0 Å². The average Bonchev–Trinajstić information content (AvgIpc) is 2.71. The zero-order valence-electron chi connectivity index (χ0n) is 9.77. The number of halogens is 1. The molecule has 0 saturated heterocycles. The molecular formula is C10H15ClN2O3S. The normalized spacial score (nSPS) is 10.4. The lowest BCUT2D eigenvalue weighted by Crippen LogP contribution is -2.24. The molecule has 0 spiro atoms. The van der Waals surface area contributed by atoms with Crippen molar-refractivity contribution in [2.45, 2.75) is 13.3 Å². The number of methoxy groups -OCH3 is 1. The molecule has 0 bridgehead atoms. The van der Waals surface area contributed by atoms with Crippen molar-refractivity contribution in [3.63, 3.8) is 0 Å². The minimum Gasteiger partial charge on any atom is -0.465 e. The Hall–Kier alpha value is -0.850. The molecule has 1 N–H and O–H groups in total.